The molecule has 0 N–H and O–H groups in total. The molecule has 0 unspecified atom stereocenters. The van der Waals surface area contributed by atoms with Gasteiger partial charge in [0, 0.05) is 16.8 Å². The van der Waals surface area contributed by atoms with Crippen LogP contribution in [0.15, 0.2) is 79.0 Å². The third kappa shape index (κ3) is 3.31. The minimum atomic E-state index is 0.576. The molecule has 0 aliphatic rings. The molecule has 2 nitrogen and oxygen atoms in total. The van der Waals surface area contributed by atoms with E-state index in [1.165, 1.54) is 0 Å². The summed E-state index contributed by atoms with van der Waals surface area (Å²) in [6.45, 7) is 0. The Balaban J connectivity index is 2.28. The molecule has 0 aliphatic heterocycles. The summed E-state index contributed by atoms with van der Waals surface area (Å²) in [6.07, 6.45) is 1.73. The Hall–Kier alpha value is -2.89. The zero-order valence-corrected chi connectivity index (χ0v) is 13.0. The zero-order chi connectivity index (χ0) is 16.1. The van der Waals surface area contributed by atoms with Crippen molar-refractivity contribution in [3.05, 3.63) is 101 Å². The van der Waals surface area contributed by atoms with Crippen LogP contribution in [0, 0.1) is 11.3 Å². The highest BCUT2D eigenvalue weighted by Gasteiger charge is 2.14. The third-order valence-corrected chi connectivity index (χ3v) is 3.73. The molecular formula is C20H13ClN2. The molecular weight excluding hydrogens is 304 g/mol. The number of halogens is 1. The van der Waals surface area contributed by atoms with E-state index < -0.39 is 0 Å². The maximum Gasteiger partial charge on any atom is 0.100 e. The van der Waals surface area contributed by atoms with Crippen LogP contribution in [-0.2, 0) is 0 Å². The maximum absolute atomic E-state index is 9.77. The van der Waals surface area contributed by atoms with Crippen LogP contribution in [0.4, 0.5) is 0 Å². The van der Waals surface area contributed by atoms with E-state index in [2.05, 4.69) is 11.1 Å². The lowest BCUT2D eigenvalue weighted by molar-refractivity contribution is 1.27. The van der Waals surface area contributed by atoms with Gasteiger partial charge in [0.15, 0.2) is 0 Å². The fraction of sp³-hybridized carbons (Fsp3) is 0. The smallest absolute Gasteiger partial charge is 0.100 e. The summed E-state index contributed by atoms with van der Waals surface area (Å²) < 4.78 is 0. The second-order valence-electron chi connectivity index (χ2n) is 4.95. The van der Waals surface area contributed by atoms with Crippen molar-refractivity contribution in [1.82, 2.24) is 4.98 Å². The van der Waals surface area contributed by atoms with Gasteiger partial charge in [-0.1, -0.05) is 60.1 Å². The number of rotatable bonds is 3. The quantitative estimate of drug-likeness (QED) is 0.491. The lowest BCUT2D eigenvalue weighted by atomic mass is 9.93. The van der Waals surface area contributed by atoms with Crippen molar-refractivity contribution in [2.75, 3.05) is 0 Å². The van der Waals surface area contributed by atoms with Crippen molar-refractivity contribution < 1.29 is 0 Å². The number of hydrogen-bond acceptors (Lipinski definition) is 2. The van der Waals surface area contributed by atoms with Crippen LogP contribution in [0.1, 0.15) is 16.8 Å². The topological polar surface area (TPSA) is 36.7 Å². The van der Waals surface area contributed by atoms with E-state index in [-0.39, 0.29) is 0 Å². The van der Waals surface area contributed by atoms with Crippen LogP contribution < -0.4 is 0 Å². The second-order valence-corrected chi connectivity index (χ2v) is 5.39. The highest BCUT2D eigenvalue weighted by atomic mass is 35.5. The van der Waals surface area contributed by atoms with Gasteiger partial charge in [-0.15, -0.1) is 0 Å². The van der Waals surface area contributed by atoms with Gasteiger partial charge in [-0.25, -0.2) is 0 Å². The van der Waals surface area contributed by atoms with Gasteiger partial charge in [0.1, 0.15) is 6.07 Å². The molecule has 0 saturated heterocycles. The number of nitriles is 1. The van der Waals surface area contributed by atoms with E-state index in [1.54, 1.807) is 18.3 Å². The fourth-order valence-electron chi connectivity index (χ4n) is 2.42. The molecule has 0 bridgehead atoms. The average Bonchev–Trinajstić information content (AvgIpc) is 2.62. The molecule has 0 saturated carbocycles. The number of hydrogen-bond donors (Lipinski definition) is 0. The summed E-state index contributed by atoms with van der Waals surface area (Å²) in [5.41, 5.74) is 3.94. The molecule has 3 heteroatoms. The molecule has 110 valence electrons. The van der Waals surface area contributed by atoms with Gasteiger partial charge >= 0.3 is 0 Å². The van der Waals surface area contributed by atoms with Crippen LogP contribution in [-0.4, -0.2) is 4.98 Å². The van der Waals surface area contributed by atoms with E-state index in [9.17, 15) is 5.26 Å². The van der Waals surface area contributed by atoms with Crippen molar-refractivity contribution in [2.45, 2.75) is 0 Å². The number of pyridine rings is 1. The number of benzene rings is 2. The number of allylic oxidation sites excluding steroid dienone is 1. The summed E-state index contributed by atoms with van der Waals surface area (Å²) in [5.74, 6) is 0. The molecule has 0 radical (unpaired) electrons. The van der Waals surface area contributed by atoms with Gasteiger partial charge in [-0.2, -0.15) is 5.26 Å². The Kier molecular flexibility index (Phi) is 4.52. The molecule has 1 aromatic heterocycles. The van der Waals surface area contributed by atoms with Crippen LogP contribution in [0.3, 0.4) is 0 Å². The van der Waals surface area contributed by atoms with Gasteiger partial charge in [0.2, 0.25) is 0 Å². The van der Waals surface area contributed by atoms with Crippen LogP contribution in [0.2, 0.25) is 5.02 Å². The monoisotopic (exact) mass is 316 g/mol. The molecule has 0 atom stereocenters. The van der Waals surface area contributed by atoms with Crippen molar-refractivity contribution >= 4 is 22.7 Å². The Labute approximate surface area is 140 Å². The SMILES string of the molecule is N#CC(=C(c1ccccc1)c1ccccn1)c1ccc(Cl)cc1. The van der Waals surface area contributed by atoms with Crippen LogP contribution in [0.25, 0.3) is 11.1 Å². The summed E-state index contributed by atoms with van der Waals surface area (Å²) in [4.78, 5) is 4.43. The minimum Gasteiger partial charge on any atom is -0.256 e. The van der Waals surface area contributed by atoms with E-state index in [1.807, 2.05) is 60.7 Å². The second kappa shape index (κ2) is 6.91. The molecule has 0 spiro atoms. The maximum atomic E-state index is 9.77. The minimum absolute atomic E-state index is 0.576. The lowest BCUT2D eigenvalue weighted by Gasteiger charge is -2.11. The van der Waals surface area contributed by atoms with E-state index in [0.29, 0.717) is 10.6 Å². The predicted octanol–water partition coefficient (Wildman–Crippen LogP) is 5.22. The standard InChI is InChI=1S/C20H13ClN2/c21-17-11-9-15(10-12-17)18(14-22)20(16-6-2-1-3-7-16)19-8-4-5-13-23-19/h1-13H. The third-order valence-electron chi connectivity index (χ3n) is 3.48. The van der Waals surface area contributed by atoms with Crippen molar-refractivity contribution in [2.24, 2.45) is 0 Å². The van der Waals surface area contributed by atoms with Gasteiger partial charge in [0.05, 0.1) is 11.3 Å². The summed E-state index contributed by atoms with van der Waals surface area (Å²) in [5, 5.41) is 10.4. The van der Waals surface area contributed by atoms with Gasteiger partial charge < -0.3 is 0 Å². The highest BCUT2D eigenvalue weighted by molar-refractivity contribution is 6.30. The average molecular weight is 317 g/mol. The number of nitrogens with zero attached hydrogens (tertiary/aromatic N) is 2. The normalized spacial score (nSPS) is 11.5. The molecule has 1 heterocycles. The molecule has 2 aromatic carbocycles. The molecule has 23 heavy (non-hydrogen) atoms. The number of aromatic nitrogens is 1. The lowest BCUT2D eigenvalue weighted by Crippen LogP contribution is -1.96. The van der Waals surface area contributed by atoms with E-state index >= 15 is 0 Å². The molecule has 0 fully saturated rings. The predicted molar refractivity (Wildman–Crippen MR) is 93.7 cm³/mol. The first-order chi connectivity index (χ1) is 11.3. The Bertz CT molecular complexity index is 820. The molecule has 3 aromatic rings. The fourth-order valence-corrected chi connectivity index (χ4v) is 2.54. The van der Waals surface area contributed by atoms with Gasteiger partial charge in [-0.05, 0) is 35.4 Å². The Morgan fingerprint density at radius 2 is 1.52 bits per heavy atom. The van der Waals surface area contributed by atoms with Crippen molar-refractivity contribution in [1.29, 1.82) is 5.26 Å². The molecule has 3 rings (SSSR count). The summed E-state index contributed by atoms with van der Waals surface area (Å²) >= 11 is 5.96. The first kappa shape index (κ1) is 15.0. The summed E-state index contributed by atoms with van der Waals surface area (Å²) in [7, 11) is 0. The highest BCUT2D eigenvalue weighted by Crippen LogP contribution is 2.31. The van der Waals surface area contributed by atoms with Gasteiger partial charge in [0.25, 0.3) is 0 Å². The van der Waals surface area contributed by atoms with E-state index in [0.717, 1.165) is 22.4 Å². The Morgan fingerprint density at radius 1 is 0.826 bits per heavy atom. The van der Waals surface area contributed by atoms with E-state index in [4.69, 9.17) is 11.6 Å². The first-order valence-electron chi connectivity index (χ1n) is 7.17. The summed E-state index contributed by atoms with van der Waals surface area (Å²) in [6, 6.07) is 25.1. The first-order valence-corrected chi connectivity index (χ1v) is 7.54. The molecule has 0 amide bonds. The van der Waals surface area contributed by atoms with Gasteiger partial charge in [-0.3, -0.25) is 4.98 Å². The van der Waals surface area contributed by atoms with Crippen LogP contribution >= 0.6 is 11.6 Å². The largest absolute Gasteiger partial charge is 0.256 e. The van der Waals surface area contributed by atoms with Crippen molar-refractivity contribution in [3.63, 3.8) is 0 Å². The van der Waals surface area contributed by atoms with Crippen LogP contribution in [0.5, 0.6) is 0 Å². The van der Waals surface area contributed by atoms with Crippen molar-refractivity contribution in [3.8, 4) is 6.07 Å². The molecule has 0 aliphatic carbocycles. The Morgan fingerprint density at radius 3 is 2.13 bits per heavy atom. The zero-order valence-electron chi connectivity index (χ0n) is 12.3.